The third-order valence-corrected chi connectivity index (χ3v) is 6.45. The van der Waals surface area contributed by atoms with Gasteiger partial charge >= 0.3 is 11.9 Å². The monoisotopic (exact) mass is 387 g/mol. The van der Waals surface area contributed by atoms with Gasteiger partial charge in [-0.05, 0) is 59.8 Å². The molecule has 0 aromatic heterocycles. The number of rotatable bonds is 5. The van der Waals surface area contributed by atoms with Crippen molar-refractivity contribution in [1.82, 2.24) is 4.90 Å². The number of nitrogens with zero attached hydrogens (tertiary/aromatic N) is 1. The highest BCUT2D eigenvalue weighted by Crippen LogP contribution is 2.50. The van der Waals surface area contributed by atoms with Gasteiger partial charge in [0.05, 0.1) is 5.92 Å². The van der Waals surface area contributed by atoms with Crippen LogP contribution in [0.25, 0.3) is 0 Å². The molecule has 1 amide bonds. The zero-order valence-electron chi connectivity index (χ0n) is 17.0. The molecule has 0 spiro atoms. The number of carbonyl (C=O) groups is 3. The molecule has 1 aliphatic carbocycles. The summed E-state index contributed by atoms with van der Waals surface area (Å²) >= 11 is 0. The zero-order chi connectivity index (χ0) is 20.9. The van der Waals surface area contributed by atoms with Gasteiger partial charge in [0.2, 0.25) is 0 Å². The molecule has 1 heterocycles. The minimum atomic E-state index is -1.07. The van der Waals surface area contributed by atoms with Gasteiger partial charge in [-0.3, -0.25) is 14.4 Å². The van der Waals surface area contributed by atoms with Gasteiger partial charge in [-0.1, -0.05) is 33.3 Å². The zero-order valence-corrected chi connectivity index (χ0v) is 17.0. The van der Waals surface area contributed by atoms with E-state index in [0.717, 1.165) is 31.2 Å². The molecule has 2 aliphatic rings. The first-order chi connectivity index (χ1) is 12.9. The third kappa shape index (κ3) is 3.52. The molecule has 3 rings (SSSR count). The van der Waals surface area contributed by atoms with Gasteiger partial charge in [-0.2, -0.15) is 0 Å². The summed E-state index contributed by atoms with van der Waals surface area (Å²) in [5.41, 5.74) is 2.82. The van der Waals surface area contributed by atoms with Crippen LogP contribution in [0.15, 0.2) is 12.1 Å². The Morgan fingerprint density at radius 1 is 1.18 bits per heavy atom. The van der Waals surface area contributed by atoms with Gasteiger partial charge in [0, 0.05) is 12.1 Å². The highest BCUT2D eigenvalue weighted by Gasteiger charge is 2.42. The summed E-state index contributed by atoms with van der Waals surface area (Å²) in [4.78, 5) is 37.0. The summed E-state index contributed by atoms with van der Waals surface area (Å²) in [6.07, 6.45) is 4.14. The molecule has 0 radical (unpaired) electrons. The molecule has 6 heteroatoms. The van der Waals surface area contributed by atoms with Crippen molar-refractivity contribution in [2.75, 3.05) is 6.54 Å². The van der Waals surface area contributed by atoms with Crippen LogP contribution in [-0.2, 0) is 21.5 Å². The number of aliphatic carboxylic acids is 2. The first kappa shape index (κ1) is 20.4. The molecule has 28 heavy (non-hydrogen) atoms. The predicted molar refractivity (Wildman–Crippen MR) is 104 cm³/mol. The van der Waals surface area contributed by atoms with E-state index < -0.39 is 17.9 Å². The maximum Gasteiger partial charge on any atom is 0.323 e. The van der Waals surface area contributed by atoms with E-state index in [1.54, 1.807) is 13.0 Å². The predicted octanol–water partition coefficient (Wildman–Crippen LogP) is 3.77. The maximum atomic E-state index is 12.7. The van der Waals surface area contributed by atoms with Crippen LogP contribution >= 0.6 is 0 Å². The van der Waals surface area contributed by atoms with Crippen molar-refractivity contribution in [2.24, 2.45) is 5.41 Å². The van der Waals surface area contributed by atoms with Crippen LogP contribution in [0.2, 0.25) is 0 Å². The molecule has 0 bridgehead atoms. The number of carbonyl (C=O) groups excluding carboxylic acids is 1. The van der Waals surface area contributed by atoms with Crippen LogP contribution in [-0.4, -0.2) is 39.5 Å². The van der Waals surface area contributed by atoms with Crippen LogP contribution in [0.5, 0.6) is 0 Å². The summed E-state index contributed by atoms with van der Waals surface area (Å²) in [6, 6.07) is 3.68. The Labute approximate surface area is 165 Å². The molecule has 1 aromatic carbocycles. The van der Waals surface area contributed by atoms with Crippen molar-refractivity contribution in [3.05, 3.63) is 34.4 Å². The van der Waals surface area contributed by atoms with Crippen molar-refractivity contribution in [3.63, 3.8) is 0 Å². The van der Waals surface area contributed by atoms with Gasteiger partial charge in [0.1, 0.15) is 6.54 Å². The Hall–Kier alpha value is -2.37. The highest BCUT2D eigenvalue weighted by molar-refractivity contribution is 6.00. The van der Waals surface area contributed by atoms with E-state index in [9.17, 15) is 19.5 Å². The second-order valence-corrected chi connectivity index (χ2v) is 9.42. The van der Waals surface area contributed by atoms with Crippen LogP contribution < -0.4 is 0 Å². The normalized spacial score (nSPS) is 24.7. The summed E-state index contributed by atoms with van der Waals surface area (Å²) in [5, 5.41) is 18.9. The lowest BCUT2D eigenvalue weighted by Crippen LogP contribution is -2.36. The average molecular weight is 387 g/mol. The van der Waals surface area contributed by atoms with Crippen LogP contribution in [0.3, 0.4) is 0 Å². The van der Waals surface area contributed by atoms with E-state index in [4.69, 9.17) is 5.11 Å². The van der Waals surface area contributed by atoms with E-state index in [0.29, 0.717) is 16.7 Å². The molecular formula is C22H29NO5. The Kier molecular flexibility index (Phi) is 5.02. The molecular weight excluding hydrogens is 358 g/mol. The highest BCUT2D eigenvalue weighted by atomic mass is 16.4. The molecule has 2 N–H and O–H groups in total. The van der Waals surface area contributed by atoms with E-state index in [2.05, 4.69) is 20.8 Å². The summed E-state index contributed by atoms with van der Waals surface area (Å²) in [5.74, 6) is -3.10. The van der Waals surface area contributed by atoms with Crippen LogP contribution in [0.1, 0.15) is 86.3 Å². The lowest BCUT2D eigenvalue weighted by Gasteiger charge is -2.44. The minimum absolute atomic E-state index is 0.154. The lowest BCUT2D eigenvalue weighted by molar-refractivity contribution is -0.139. The fraction of sp³-hybridized carbons (Fsp3) is 0.591. The fourth-order valence-corrected chi connectivity index (χ4v) is 5.32. The standard InChI is InChI=1S/C22H29NO5/c1-13(20(27)28)18-15-10-23(11-17(24)25)19(26)14(15)6-7-16(18)22(4)9-5-8-21(2,3)12-22/h6-7,13H,5,8-12H2,1-4H3,(H,24,25)(H,27,28)/t13-,22+/m1/s1. The Morgan fingerprint density at radius 2 is 1.86 bits per heavy atom. The van der Waals surface area contributed by atoms with Gasteiger partial charge in [0.25, 0.3) is 5.91 Å². The number of hydrogen-bond donors (Lipinski definition) is 2. The van der Waals surface area contributed by atoms with Gasteiger partial charge < -0.3 is 15.1 Å². The van der Waals surface area contributed by atoms with Gasteiger partial charge in [-0.15, -0.1) is 0 Å². The topological polar surface area (TPSA) is 94.9 Å². The summed E-state index contributed by atoms with van der Waals surface area (Å²) < 4.78 is 0. The average Bonchev–Trinajstić information content (AvgIpc) is 2.87. The smallest absolute Gasteiger partial charge is 0.323 e. The van der Waals surface area contributed by atoms with Gasteiger partial charge in [-0.25, -0.2) is 0 Å². The quantitative estimate of drug-likeness (QED) is 0.802. The minimum Gasteiger partial charge on any atom is -0.481 e. The van der Waals surface area contributed by atoms with Crippen molar-refractivity contribution >= 4 is 17.8 Å². The molecule has 2 atom stereocenters. The van der Waals surface area contributed by atoms with Crippen molar-refractivity contribution < 1.29 is 24.6 Å². The number of hydrogen-bond acceptors (Lipinski definition) is 3. The Balaban J connectivity index is 2.15. The second kappa shape index (κ2) is 6.90. The van der Waals surface area contributed by atoms with Crippen molar-refractivity contribution in [2.45, 2.75) is 71.3 Å². The molecule has 6 nitrogen and oxygen atoms in total. The first-order valence-corrected chi connectivity index (χ1v) is 9.85. The number of carboxylic acid groups (broad SMARTS) is 2. The molecule has 1 aromatic rings. The second-order valence-electron chi connectivity index (χ2n) is 9.42. The van der Waals surface area contributed by atoms with E-state index >= 15 is 0 Å². The Bertz CT molecular complexity index is 844. The number of benzene rings is 1. The fourth-order valence-electron chi connectivity index (χ4n) is 5.32. The Morgan fingerprint density at radius 3 is 2.43 bits per heavy atom. The molecule has 1 aliphatic heterocycles. The van der Waals surface area contributed by atoms with E-state index in [1.807, 2.05) is 6.07 Å². The van der Waals surface area contributed by atoms with Gasteiger partial charge in [0.15, 0.2) is 0 Å². The molecule has 152 valence electrons. The summed E-state index contributed by atoms with van der Waals surface area (Å²) in [6.45, 7) is 8.11. The summed E-state index contributed by atoms with van der Waals surface area (Å²) in [7, 11) is 0. The van der Waals surface area contributed by atoms with E-state index in [-0.39, 0.29) is 29.8 Å². The third-order valence-electron chi connectivity index (χ3n) is 6.45. The molecule has 0 saturated heterocycles. The SMILES string of the molecule is C[C@@H](C(=O)O)c1c([C@@]2(C)CCCC(C)(C)C2)ccc2c1CN(CC(=O)O)C2=O. The first-order valence-electron chi connectivity index (χ1n) is 9.85. The number of carboxylic acids is 2. The lowest BCUT2D eigenvalue weighted by atomic mass is 9.60. The van der Waals surface area contributed by atoms with Crippen molar-refractivity contribution in [1.29, 1.82) is 0 Å². The molecule has 1 fully saturated rings. The largest absolute Gasteiger partial charge is 0.481 e. The van der Waals surface area contributed by atoms with Crippen LogP contribution in [0.4, 0.5) is 0 Å². The van der Waals surface area contributed by atoms with E-state index in [1.165, 1.54) is 4.90 Å². The molecule has 0 unspecified atom stereocenters. The molecule has 1 saturated carbocycles. The van der Waals surface area contributed by atoms with Crippen molar-refractivity contribution in [3.8, 4) is 0 Å². The number of amides is 1. The number of fused-ring (bicyclic) bond motifs is 1. The maximum absolute atomic E-state index is 12.7. The van der Waals surface area contributed by atoms with Crippen LogP contribution in [0, 0.1) is 5.41 Å².